The molecule has 0 heterocycles. The molecule has 0 rings (SSSR count). The van der Waals surface area contributed by atoms with Crippen molar-refractivity contribution in [2.45, 2.75) is 103 Å². The molecule has 21 heavy (non-hydrogen) atoms. The molecule has 0 aliphatic heterocycles. The number of unbranched alkanes of at least 4 members (excludes halogenated alkanes) is 10. The molecule has 1 atom stereocenters. The van der Waals surface area contributed by atoms with E-state index in [1.54, 1.807) is 0 Å². The first-order valence-corrected chi connectivity index (χ1v) is 9.03. The molecule has 0 bridgehead atoms. The van der Waals surface area contributed by atoms with E-state index >= 15 is 0 Å². The van der Waals surface area contributed by atoms with E-state index < -0.39 is 12.1 Å². The van der Waals surface area contributed by atoms with Crippen LogP contribution in [0, 0.1) is 0 Å². The Balaban J connectivity index is 3.36. The number of rotatable bonds is 15. The quantitative estimate of drug-likeness (QED) is 0.275. The zero-order valence-corrected chi connectivity index (χ0v) is 14.2. The molecule has 0 aromatic rings. The standard InChI is InChI=1S/C18H35FO2/c1-3-5-7-9-11-13-15-17(19)18(20)21-16-14-12-10-8-6-4-2/h17H,3-16H2,1-2H3/t17-/m0/s1. The number of hydrogen-bond donors (Lipinski definition) is 0. The first-order chi connectivity index (χ1) is 10.2. The van der Waals surface area contributed by atoms with E-state index in [2.05, 4.69) is 13.8 Å². The van der Waals surface area contributed by atoms with E-state index in [0.717, 1.165) is 32.1 Å². The van der Waals surface area contributed by atoms with Crippen LogP contribution in [0.15, 0.2) is 0 Å². The molecule has 0 aliphatic carbocycles. The number of ether oxygens (including phenoxy) is 1. The summed E-state index contributed by atoms with van der Waals surface area (Å²) in [5, 5.41) is 0. The predicted octanol–water partition coefficient (Wildman–Crippen LogP) is 5.98. The number of carbonyl (C=O) groups excluding carboxylic acids is 1. The molecular weight excluding hydrogens is 267 g/mol. The predicted molar refractivity (Wildman–Crippen MR) is 87.2 cm³/mol. The minimum absolute atomic E-state index is 0.321. The second kappa shape index (κ2) is 15.8. The zero-order valence-electron chi connectivity index (χ0n) is 14.2. The lowest BCUT2D eigenvalue weighted by Crippen LogP contribution is -2.19. The van der Waals surface area contributed by atoms with E-state index in [-0.39, 0.29) is 0 Å². The van der Waals surface area contributed by atoms with Crippen LogP contribution in [-0.2, 0) is 9.53 Å². The van der Waals surface area contributed by atoms with Gasteiger partial charge in [0.15, 0.2) is 6.17 Å². The van der Waals surface area contributed by atoms with E-state index in [1.165, 1.54) is 44.9 Å². The van der Waals surface area contributed by atoms with Gasteiger partial charge in [0, 0.05) is 0 Å². The van der Waals surface area contributed by atoms with Gasteiger partial charge in [-0.25, -0.2) is 9.18 Å². The number of halogens is 1. The summed E-state index contributed by atoms with van der Waals surface area (Å²) < 4.78 is 18.6. The average molecular weight is 302 g/mol. The molecule has 0 spiro atoms. The van der Waals surface area contributed by atoms with Gasteiger partial charge in [0.05, 0.1) is 6.61 Å². The van der Waals surface area contributed by atoms with Gasteiger partial charge in [0.25, 0.3) is 0 Å². The third kappa shape index (κ3) is 14.1. The Labute approximate surface area is 130 Å². The molecule has 3 heteroatoms. The monoisotopic (exact) mass is 302 g/mol. The average Bonchev–Trinajstić information content (AvgIpc) is 2.49. The molecule has 0 N–H and O–H groups in total. The molecule has 126 valence electrons. The molecule has 0 aromatic carbocycles. The Morgan fingerprint density at radius 2 is 1.29 bits per heavy atom. The lowest BCUT2D eigenvalue weighted by molar-refractivity contribution is -0.150. The van der Waals surface area contributed by atoms with Crippen molar-refractivity contribution in [2.75, 3.05) is 6.61 Å². The van der Waals surface area contributed by atoms with E-state index in [9.17, 15) is 9.18 Å². The molecule has 0 radical (unpaired) electrons. The fourth-order valence-corrected chi connectivity index (χ4v) is 2.37. The third-order valence-corrected chi connectivity index (χ3v) is 3.81. The van der Waals surface area contributed by atoms with Gasteiger partial charge in [-0.05, 0) is 19.3 Å². The first-order valence-electron chi connectivity index (χ1n) is 9.03. The van der Waals surface area contributed by atoms with Crippen molar-refractivity contribution in [3.05, 3.63) is 0 Å². The highest BCUT2D eigenvalue weighted by Gasteiger charge is 2.17. The van der Waals surface area contributed by atoms with Crippen molar-refractivity contribution in [3.8, 4) is 0 Å². The first kappa shape index (κ1) is 20.4. The van der Waals surface area contributed by atoms with Crippen LogP contribution in [0.4, 0.5) is 4.39 Å². The van der Waals surface area contributed by atoms with Gasteiger partial charge < -0.3 is 4.74 Å². The van der Waals surface area contributed by atoms with Gasteiger partial charge in [-0.1, -0.05) is 78.1 Å². The van der Waals surface area contributed by atoms with Gasteiger partial charge in [0.1, 0.15) is 0 Å². The van der Waals surface area contributed by atoms with Crippen LogP contribution in [0.2, 0.25) is 0 Å². The van der Waals surface area contributed by atoms with Crippen molar-refractivity contribution >= 4 is 5.97 Å². The molecule has 0 aromatic heterocycles. The summed E-state index contributed by atoms with van der Waals surface area (Å²) in [6, 6.07) is 0. The smallest absolute Gasteiger partial charge is 0.340 e. The number of carbonyl (C=O) groups is 1. The number of esters is 1. The maximum absolute atomic E-state index is 13.6. The summed E-state index contributed by atoms with van der Waals surface area (Å²) >= 11 is 0. The molecule has 0 aliphatic rings. The Kier molecular flexibility index (Phi) is 15.3. The minimum atomic E-state index is -1.42. The fraction of sp³-hybridized carbons (Fsp3) is 0.944. The second-order valence-electron chi connectivity index (χ2n) is 5.96. The van der Waals surface area contributed by atoms with Crippen molar-refractivity contribution in [1.29, 1.82) is 0 Å². The second-order valence-corrected chi connectivity index (χ2v) is 5.96. The van der Waals surface area contributed by atoms with Crippen LogP contribution in [0.25, 0.3) is 0 Å². The molecule has 0 amide bonds. The van der Waals surface area contributed by atoms with Crippen LogP contribution >= 0.6 is 0 Å². The minimum Gasteiger partial charge on any atom is -0.464 e. The zero-order chi connectivity index (χ0) is 15.8. The van der Waals surface area contributed by atoms with E-state index in [4.69, 9.17) is 4.74 Å². The number of hydrogen-bond acceptors (Lipinski definition) is 2. The summed E-state index contributed by atoms with van der Waals surface area (Å²) in [6.45, 7) is 4.74. The highest BCUT2D eigenvalue weighted by Crippen LogP contribution is 2.12. The highest BCUT2D eigenvalue weighted by molar-refractivity contribution is 5.74. The van der Waals surface area contributed by atoms with Crippen molar-refractivity contribution in [1.82, 2.24) is 0 Å². The largest absolute Gasteiger partial charge is 0.464 e. The van der Waals surface area contributed by atoms with Gasteiger partial charge in [0.2, 0.25) is 0 Å². The topological polar surface area (TPSA) is 26.3 Å². The molecule has 2 nitrogen and oxygen atoms in total. The molecule has 0 fully saturated rings. The third-order valence-electron chi connectivity index (χ3n) is 3.81. The fourth-order valence-electron chi connectivity index (χ4n) is 2.37. The van der Waals surface area contributed by atoms with E-state index in [0.29, 0.717) is 13.0 Å². The highest BCUT2D eigenvalue weighted by atomic mass is 19.1. The SMILES string of the molecule is CCCCCCCCOC(=O)[C@@H](F)CCCCCCCC. The molecule has 0 saturated carbocycles. The molecule has 0 saturated heterocycles. The van der Waals surface area contributed by atoms with Crippen LogP contribution < -0.4 is 0 Å². The summed E-state index contributed by atoms with van der Waals surface area (Å²) in [5.74, 6) is -0.655. The normalized spacial score (nSPS) is 12.3. The summed E-state index contributed by atoms with van der Waals surface area (Å²) in [7, 11) is 0. The summed E-state index contributed by atoms with van der Waals surface area (Å²) in [6.07, 6.45) is 12.4. The lowest BCUT2D eigenvalue weighted by Gasteiger charge is -2.09. The Morgan fingerprint density at radius 1 is 0.810 bits per heavy atom. The van der Waals surface area contributed by atoms with Gasteiger partial charge in [-0.3, -0.25) is 0 Å². The maximum atomic E-state index is 13.6. The van der Waals surface area contributed by atoms with Crippen LogP contribution in [-0.4, -0.2) is 18.7 Å². The molecule has 0 unspecified atom stereocenters. The van der Waals surface area contributed by atoms with Crippen LogP contribution in [0.1, 0.15) is 97.3 Å². The summed E-state index contributed by atoms with van der Waals surface area (Å²) in [4.78, 5) is 11.4. The van der Waals surface area contributed by atoms with Crippen LogP contribution in [0.3, 0.4) is 0 Å². The van der Waals surface area contributed by atoms with Crippen LogP contribution in [0.5, 0.6) is 0 Å². The van der Waals surface area contributed by atoms with Gasteiger partial charge >= 0.3 is 5.97 Å². The number of alkyl halides is 1. The lowest BCUT2D eigenvalue weighted by atomic mass is 10.1. The Bertz CT molecular complexity index is 231. The van der Waals surface area contributed by atoms with Crippen molar-refractivity contribution < 1.29 is 13.9 Å². The van der Waals surface area contributed by atoms with Crippen molar-refractivity contribution in [2.24, 2.45) is 0 Å². The van der Waals surface area contributed by atoms with Gasteiger partial charge in [-0.15, -0.1) is 0 Å². The maximum Gasteiger partial charge on any atom is 0.340 e. The Morgan fingerprint density at radius 3 is 1.86 bits per heavy atom. The summed E-state index contributed by atoms with van der Waals surface area (Å²) in [5.41, 5.74) is 0. The molecular formula is C18H35FO2. The Hall–Kier alpha value is -0.600. The van der Waals surface area contributed by atoms with Crippen molar-refractivity contribution in [3.63, 3.8) is 0 Å². The van der Waals surface area contributed by atoms with Gasteiger partial charge in [-0.2, -0.15) is 0 Å². The van der Waals surface area contributed by atoms with E-state index in [1.807, 2.05) is 0 Å².